The number of halogens is 2. The lowest BCUT2D eigenvalue weighted by atomic mass is 10.2. The molecule has 0 aliphatic rings. The molecule has 0 radical (unpaired) electrons. The fourth-order valence-corrected chi connectivity index (χ4v) is 5.12. The van der Waals surface area contributed by atoms with Crippen LogP contribution in [0.5, 0.6) is 0 Å². The number of thiazole rings is 1. The Hall–Kier alpha value is -2.52. The van der Waals surface area contributed by atoms with E-state index in [1.54, 1.807) is 36.6 Å². The van der Waals surface area contributed by atoms with Crippen molar-refractivity contribution in [1.82, 2.24) is 10.3 Å². The fraction of sp³-hybridized carbons (Fsp3) is 0.0952. The second kappa shape index (κ2) is 9.74. The van der Waals surface area contributed by atoms with Crippen molar-refractivity contribution in [3.63, 3.8) is 0 Å². The highest BCUT2D eigenvalue weighted by Gasteiger charge is 2.13. The quantitative estimate of drug-likeness (QED) is 0.316. The first-order valence-electron chi connectivity index (χ1n) is 9.07. The topological polar surface area (TPSA) is 84.2 Å². The molecule has 0 aliphatic heterocycles. The van der Waals surface area contributed by atoms with Gasteiger partial charge >= 0.3 is 0 Å². The Morgan fingerprint density at radius 3 is 2.77 bits per heavy atom. The number of anilines is 1. The van der Waals surface area contributed by atoms with Crippen molar-refractivity contribution >= 4 is 74.0 Å². The lowest BCUT2D eigenvalue weighted by Gasteiger charge is -2.07. The molecule has 6 nitrogen and oxygen atoms in total. The number of furan rings is 1. The summed E-state index contributed by atoms with van der Waals surface area (Å²) in [4.78, 5) is 29.1. The van der Waals surface area contributed by atoms with Gasteiger partial charge in [0.15, 0.2) is 4.34 Å². The maximum absolute atomic E-state index is 12.5. The number of thioether (sulfide) groups is 1. The van der Waals surface area contributed by atoms with E-state index in [2.05, 4.69) is 15.6 Å². The van der Waals surface area contributed by atoms with Crippen molar-refractivity contribution in [2.75, 3.05) is 11.1 Å². The molecule has 0 atom stereocenters. The summed E-state index contributed by atoms with van der Waals surface area (Å²) in [6.07, 6.45) is 1.57. The number of hydrogen-bond donors (Lipinski definition) is 2. The minimum absolute atomic E-state index is 0.103. The van der Waals surface area contributed by atoms with Gasteiger partial charge in [0.1, 0.15) is 5.76 Å². The molecule has 2 N–H and O–H groups in total. The van der Waals surface area contributed by atoms with Crippen LogP contribution < -0.4 is 10.6 Å². The van der Waals surface area contributed by atoms with E-state index < -0.39 is 0 Å². The van der Waals surface area contributed by atoms with E-state index in [1.807, 2.05) is 12.1 Å². The molecule has 2 heterocycles. The van der Waals surface area contributed by atoms with E-state index in [0.29, 0.717) is 28.6 Å². The van der Waals surface area contributed by atoms with Gasteiger partial charge in [-0.15, -0.1) is 11.3 Å². The monoisotopic (exact) mass is 491 g/mol. The lowest BCUT2D eigenvalue weighted by Crippen LogP contribution is -2.24. The molecule has 0 bridgehead atoms. The van der Waals surface area contributed by atoms with Crippen LogP contribution in [0.25, 0.3) is 10.2 Å². The van der Waals surface area contributed by atoms with E-state index in [9.17, 15) is 9.59 Å². The van der Waals surface area contributed by atoms with Gasteiger partial charge in [-0.05, 0) is 48.5 Å². The van der Waals surface area contributed by atoms with Crippen LogP contribution in [-0.2, 0) is 11.3 Å². The van der Waals surface area contributed by atoms with Gasteiger partial charge in [0.25, 0.3) is 5.91 Å². The van der Waals surface area contributed by atoms with E-state index in [4.69, 9.17) is 27.6 Å². The van der Waals surface area contributed by atoms with Gasteiger partial charge in [0, 0.05) is 10.7 Å². The zero-order valence-corrected chi connectivity index (χ0v) is 19.0. The van der Waals surface area contributed by atoms with Crippen LogP contribution in [0.3, 0.4) is 0 Å². The van der Waals surface area contributed by atoms with Crippen molar-refractivity contribution in [1.29, 1.82) is 0 Å². The number of nitrogens with one attached hydrogen (secondary N) is 2. The fourth-order valence-electron chi connectivity index (χ4n) is 2.69. The number of fused-ring (bicyclic) bond motifs is 1. The summed E-state index contributed by atoms with van der Waals surface area (Å²) >= 11 is 14.8. The number of carbonyl (C=O) groups is 2. The van der Waals surface area contributed by atoms with Crippen LogP contribution in [0.1, 0.15) is 16.1 Å². The van der Waals surface area contributed by atoms with Crippen LogP contribution in [0.15, 0.2) is 63.6 Å². The van der Waals surface area contributed by atoms with Gasteiger partial charge in [-0.3, -0.25) is 9.59 Å². The first-order chi connectivity index (χ1) is 15.0. The van der Waals surface area contributed by atoms with Crippen LogP contribution in [0.2, 0.25) is 10.0 Å². The largest absolute Gasteiger partial charge is 0.467 e. The van der Waals surface area contributed by atoms with E-state index in [0.717, 1.165) is 14.6 Å². The zero-order valence-electron chi connectivity index (χ0n) is 15.9. The minimum atomic E-state index is -0.326. The summed E-state index contributed by atoms with van der Waals surface area (Å²) in [5.41, 5.74) is 1.76. The number of amides is 2. The molecule has 2 aromatic heterocycles. The second-order valence-corrected chi connectivity index (χ2v) is 9.48. The van der Waals surface area contributed by atoms with Gasteiger partial charge < -0.3 is 15.1 Å². The highest BCUT2D eigenvalue weighted by atomic mass is 35.5. The third-order valence-electron chi connectivity index (χ3n) is 4.17. The average molecular weight is 492 g/mol. The molecule has 4 rings (SSSR count). The highest BCUT2D eigenvalue weighted by Crippen LogP contribution is 2.31. The maximum Gasteiger partial charge on any atom is 0.257 e. The second-order valence-electron chi connectivity index (χ2n) is 6.39. The predicted octanol–water partition coefficient (Wildman–Crippen LogP) is 5.86. The molecule has 0 spiro atoms. The third-order valence-corrected chi connectivity index (χ3v) is 6.88. The predicted molar refractivity (Wildman–Crippen MR) is 125 cm³/mol. The normalized spacial score (nSPS) is 10.9. The molecule has 10 heteroatoms. The summed E-state index contributed by atoms with van der Waals surface area (Å²) in [7, 11) is 0. The number of aromatic nitrogens is 1. The molecule has 4 aromatic rings. The molecule has 2 amide bonds. The van der Waals surface area contributed by atoms with E-state index >= 15 is 0 Å². The summed E-state index contributed by atoms with van der Waals surface area (Å²) in [5.74, 6) is 0.522. The Bertz CT molecular complexity index is 1240. The number of hydrogen-bond acceptors (Lipinski definition) is 6. The lowest BCUT2D eigenvalue weighted by molar-refractivity contribution is -0.118. The summed E-state index contributed by atoms with van der Waals surface area (Å²) in [5, 5.41) is 6.38. The molecule has 0 fully saturated rings. The first-order valence-corrected chi connectivity index (χ1v) is 11.6. The summed E-state index contributed by atoms with van der Waals surface area (Å²) in [6.45, 7) is 0.354. The molecule has 0 saturated carbocycles. The molecule has 2 aromatic carbocycles. The molecule has 158 valence electrons. The molecule has 0 unspecified atom stereocenters. The highest BCUT2D eigenvalue weighted by molar-refractivity contribution is 8.01. The Kier molecular flexibility index (Phi) is 6.82. The van der Waals surface area contributed by atoms with Crippen molar-refractivity contribution < 1.29 is 14.0 Å². The Balaban J connectivity index is 1.37. The molecule has 0 aliphatic carbocycles. The van der Waals surface area contributed by atoms with Gasteiger partial charge in [-0.1, -0.05) is 35.0 Å². The van der Waals surface area contributed by atoms with Crippen LogP contribution in [-0.4, -0.2) is 22.6 Å². The van der Waals surface area contributed by atoms with E-state index in [1.165, 1.54) is 29.2 Å². The van der Waals surface area contributed by atoms with E-state index in [-0.39, 0.29) is 22.6 Å². The molecular formula is C21H15Cl2N3O3S2. The third kappa shape index (κ3) is 5.59. The summed E-state index contributed by atoms with van der Waals surface area (Å²) < 4.78 is 6.86. The first kappa shape index (κ1) is 21.7. The number of carbonyl (C=O) groups excluding carboxylic acids is 2. The number of nitrogens with zero attached hydrogens (tertiary/aromatic N) is 1. The van der Waals surface area contributed by atoms with Gasteiger partial charge in [0.2, 0.25) is 5.91 Å². The zero-order chi connectivity index (χ0) is 21.8. The smallest absolute Gasteiger partial charge is 0.257 e. The standard InChI is InChI=1S/C21H15Cl2N3O3S2/c22-12-3-5-15(16(23)8-12)20(28)25-13-4-6-17-18(9-13)31-21(26-17)30-11-19(27)24-10-14-2-1-7-29-14/h1-9H,10-11H2,(H,24,27)(H,25,28). The van der Waals surface area contributed by atoms with Crippen molar-refractivity contribution in [3.05, 3.63) is 76.2 Å². The molecule has 31 heavy (non-hydrogen) atoms. The van der Waals surface area contributed by atoms with Crippen LogP contribution in [0, 0.1) is 0 Å². The number of benzene rings is 2. The van der Waals surface area contributed by atoms with Gasteiger partial charge in [-0.25, -0.2) is 4.98 Å². The minimum Gasteiger partial charge on any atom is -0.467 e. The maximum atomic E-state index is 12.5. The molecular weight excluding hydrogens is 477 g/mol. The van der Waals surface area contributed by atoms with Crippen LogP contribution in [0.4, 0.5) is 5.69 Å². The molecule has 0 saturated heterocycles. The Morgan fingerprint density at radius 2 is 2.00 bits per heavy atom. The summed E-state index contributed by atoms with van der Waals surface area (Å²) in [6, 6.07) is 13.7. The van der Waals surface area contributed by atoms with Crippen LogP contribution >= 0.6 is 46.3 Å². The Morgan fingerprint density at radius 1 is 1.13 bits per heavy atom. The average Bonchev–Trinajstić information content (AvgIpc) is 3.39. The van der Waals surface area contributed by atoms with Crippen molar-refractivity contribution in [2.24, 2.45) is 0 Å². The van der Waals surface area contributed by atoms with Crippen molar-refractivity contribution in [3.8, 4) is 0 Å². The Labute approximate surface area is 195 Å². The van der Waals surface area contributed by atoms with Gasteiger partial charge in [-0.2, -0.15) is 0 Å². The van der Waals surface area contributed by atoms with Gasteiger partial charge in [0.05, 0.1) is 39.4 Å². The number of rotatable bonds is 7. The SMILES string of the molecule is O=C(CSc1nc2ccc(NC(=O)c3ccc(Cl)cc3Cl)cc2s1)NCc1ccco1. The van der Waals surface area contributed by atoms with Crippen molar-refractivity contribution in [2.45, 2.75) is 10.9 Å².